The maximum Gasteiger partial charge on any atom is 0.167 e. The summed E-state index contributed by atoms with van der Waals surface area (Å²) in [5.74, 6) is 0. The van der Waals surface area contributed by atoms with Crippen molar-refractivity contribution in [1.29, 1.82) is 5.41 Å². The second-order valence-electron chi connectivity index (χ2n) is 5.26. The van der Waals surface area contributed by atoms with E-state index in [-0.39, 0.29) is 5.49 Å². The standard InChI is InChI=1S/C13H17N3O4/c1-13(19)10(18)9(6-17)20-12(13)16-5-3-8-7(11(16)14)2-4-15-8/h2-5,9-10,12,14-15,17-19H,6H2,1H3/t9-,10-,12-,13-/m1/s1. The number of aliphatic hydroxyl groups excluding tert-OH is 2. The van der Waals surface area contributed by atoms with Gasteiger partial charge in [0.25, 0.3) is 0 Å². The van der Waals surface area contributed by atoms with Gasteiger partial charge < -0.3 is 29.6 Å². The fourth-order valence-electron chi connectivity index (χ4n) is 2.68. The Labute approximate surface area is 114 Å². The van der Waals surface area contributed by atoms with Gasteiger partial charge in [0.2, 0.25) is 0 Å². The van der Waals surface area contributed by atoms with Crippen LogP contribution in [0, 0.1) is 5.41 Å². The number of hydrogen-bond donors (Lipinski definition) is 5. The van der Waals surface area contributed by atoms with Gasteiger partial charge in [0.1, 0.15) is 23.3 Å². The molecule has 3 heterocycles. The van der Waals surface area contributed by atoms with Crippen LogP contribution in [0.25, 0.3) is 10.9 Å². The van der Waals surface area contributed by atoms with Crippen LogP contribution in [0.3, 0.4) is 0 Å². The average molecular weight is 279 g/mol. The predicted octanol–water partition coefficient (Wildman–Crippen LogP) is -0.550. The zero-order chi connectivity index (χ0) is 14.5. The number of aromatic nitrogens is 2. The molecule has 7 nitrogen and oxygen atoms in total. The van der Waals surface area contributed by atoms with Crippen LogP contribution in [0.4, 0.5) is 0 Å². The van der Waals surface area contributed by atoms with E-state index >= 15 is 0 Å². The van der Waals surface area contributed by atoms with Gasteiger partial charge in [-0.2, -0.15) is 0 Å². The molecule has 1 saturated heterocycles. The molecule has 0 bridgehead atoms. The molecule has 0 radical (unpaired) electrons. The molecule has 7 heteroatoms. The largest absolute Gasteiger partial charge is 0.394 e. The number of aromatic amines is 1. The van der Waals surface area contributed by atoms with Gasteiger partial charge >= 0.3 is 0 Å². The molecule has 1 aliphatic heterocycles. The van der Waals surface area contributed by atoms with Crippen LogP contribution in [0.2, 0.25) is 0 Å². The fraction of sp³-hybridized carbons (Fsp3) is 0.462. The van der Waals surface area contributed by atoms with E-state index in [1.807, 2.05) is 0 Å². The first kappa shape index (κ1) is 13.3. The molecule has 0 saturated carbocycles. The molecule has 0 aromatic carbocycles. The molecule has 0 amide bonds. The highest BCUT2D eigenvalue weighted by atomic mass is 16.6. The van der Waals surface area contributed by atoms with Crippen molar-refractivity contribution in [3.05, 3.63) is 30.0 Å². The molecule has 3 rings (SSSR count). The average Bonchev–Trinajstić information content (AvgIpc) is 2.97. The van der Waals surface area contributed by atoms with Gasteiger partial charge in [-0.1, -0.05) is 0 Å². The smallest absolute Gasteiger partial charge is 0.167 e. The van der Waals surface area contributed by atoms with E-state index in [1.165, 1.54) is 11.5 Å². The highest BCUT2D eigenvalue weighted by molar-refractivity contribution is 5.77. The SMILES string of the molecule is C[C@@]1(O)[C@H](O)[C@@H](CO)O[C@H]1n1ccc2[nH]ccc2c1=N. The lowest BCUT2D eigenvalue weighted by Gasteiger charge is -2.28. The number of aliphatic hydroxyl groups is 3. The molecule has 1 aliphatic rings. The third-order valence-electron chi connectivity index (χ3n) is 3.88. The summed E-state index contributed by atoms with van der Waals surface area (Å²) >= 11 is 0. The Hall–Kier alpha value is -1.67. The highest BCUT2D eigenvalue weighted by Crippen LogP contribution is 2.37. The van der Waals surface area contributed by atoms with Crippen LogP contribution in [-0.4, -0.2) is 49.3 Å². The molecule has 0 spiro atoms. The third-order valence-corrected chi connectivity index (χ3v) is 3.88. The molecule has 0 aliphatic carbocycles. The number of rotatable bonds is 2. The third kappa shape index (κ3) is 1.71. The van der Waals surface area contributed by atoms with Gasteiger partial charge in [0, 0.05) is 17.8 Å². The number of H-pyrrole nitrogens is 1. The molecular formula is C13H17N3O4. The minimum absolute atomic E-state index is 0.166. The van der Waals surface area contributed by atoms with Crippen LogP contribution in [0.15, 0.2) is 24.5 Å². The minimum Gasteiger partial charge on any atom is -0.394 e. The number of ether oxygens (including phenoxy) is 1. The van der Waals surface area contributed by atoms with E-state index in [2.05, 4.69) is 4.98 Å². The lowest BCUT2D eigenvalue weighted by Crippen LogP contribution is -2.45. The second kappa shape index (κ2) is 4.42. The molecule has 1 fully saturated rings. The van der Waals surface area contributed by atoms with Gasteiger partial charge in [-0.05, 0) is 19.1 Å². The van der Waals surface area contributed by atoms with Crippen LogP contribution >= 0.6 is 0 Å². The van der Waals surface area contributed by atoms with Crippen molar-refractivity contribution in [2.75, 3.05) is 6.61 Å². The minimum atomic E-state index is -1.59. The zero-order valence-electron chi connectivity index (χ0n) is 10.9. The molecular weight excluding hydrogens is 262 g/mol. The van der Waals surface area contributed by atoms with E-state index in [0.29, 0.717) is 5.39 Å². The van der Waals surface area contributed by atoms with E-state index in [4.69, 9.17) is 10.1 Å². The van der Waals surface area contributed by atoms with E-state index in [9.17, 15) is 15.3 Å². The first-order valence-electron chi connectivity index (χ1n) is 6.36. The molecule has 2 aromatic rings. The van der Waals surface area contributed by atoms with Crippen molar-refractivity contribution < 1.29 is 20.1 Å². The molecule has 2 aromatic heterocycles. The summed E-state index contributed by atoms with van der Waals surface area (Å²) in [4.78, 5) is 3.00. The summed E-state index contributed by atoms with van der Waals surface area (Å²) in [6.45, 7) is 1.04. The summed E-state index contributed by atoms with van der Waals surface area (Å²) in [5.41, 5.74) is -0.611. The normalized spacial score (nSPS) is 33.9. The van der Waals surface area contributed by atoms with Crippen molar-refractivity contribution in [3.63, 3.8) is 0 Å². The van der Waals surface area contributed by atoms with Crippen molar-refractivity contribution in [2.45, 2.75) is 31.0 Å². The summed E-state index contributed by atoms with van der Waals surface area (Å²) < 4.78 is 6.97. The fourth-order valence-corrected chi connectivity index (χ4v) is 2.68. The lowest BCUT2D eigenvalue weighted by atomic mass is 9.96. The number of pyridine rings is 1. The Bertz CT molecular complexity index is 690. The van der Waals surface area contributed by atoms with Gasteiger partial charge in [-0.15, -0.1) is 0 Å². The summed E-state index contributed by atoms with van der Waals surface area (Å²) in [5, 5.41) is 38.5. The highest BCUT2D eigenvalue weighted by Gasteiger charge is 2.52. The first-order chi connectivity index (χ1) is 9.46. The van der Waals surface area contributed by atoms with E-state index in [0.717, 1.165) is 5.52 Å². The van der Waals surface area contributed by atoms with Crippen molar-refractivity contribution in [1.82, 2.24) is 9.55 Å². The monoisotopic (exact) mass is 279 g/mol. The van der Waals surface area contributed by atoms with Gasteiger partial charge in [-0.25, -0.2) is 0 Å². The first-order valence-corrected chi connectivity index (χ1v) is 6.36. The summed E-state index contributed by atoms with van der Waals surface area (Å²) in [6.07, 6.45) is 0.329. The quantitative estimate of drug-likeness (QED) is 0.507. The Morgan fingerprint density at radius 2 is 2.25 bits per heavy atom. The molecule has 4 atom stereocenters. The van der Waals surface area contributed by atoms with Crippen LogP contribution < -0.4 is 5.49 Å². The maximum atomic E-state index is 10.4. The van der Waals surface area contributed by atoms with Gasteiger partial charge in [0.15, 0.2) is 6.23 Å². The number of nitrogens with zero attached hydrogens (tertiary/aromatic N) is 1. The molecule has 5 N–H and O–H groups in total. The topological polar surface area (TPSA) is 114 Å². The maximum absolute atomic E-state index is 10.4. The van der Waals surface area contributed by atoms with Gasteiger partial charge in [-0.3, -0.25) is 5.41 Å². The summed E-state index contributed by atoms with van der Waals surface area (Å²) in [6, 6.07) is 3.53. The Balaban J connectivity index is 2.11. The second-order valence-corrected chi connectivity index (χ2v) is 5.26. The van der Waals surface area contributed by atoms with Gasteiger partial charge in [0.05, 0.1) is 12.1 Å². The molecule has 20 heavy (non-hydrogen) atoms. The van der Waals surface area contributed by atoms with Crippen molar-refractivity contribution in [2.24, 2.45) is 0 Å². The summed E-state index contributed by atoms with van der Waals surface area (Å²) in [7, 11) is 0. The predicted molar refractivity (Wildman–Crippen MR) is 69.8 cm³/mol. The van der Waals surface area contributed by atoms with E-state index in [1.54, 1.807) is 24.5 Å². The Morgan fingerprint density at radius 1 is 1.50 bits per heavy atom. The van der Waals surface area contributed by atoms with Crippen LogP contribution in [-0.2, 0) is 4.74 Å². The molecule has 0 unspecified atom stereocenters. The molecule has 108 valence electrons. The van der Waals surface area contributed by atoms with Crippen LogP contribution in [0.1, 0.15) is 13.2 Å². The number of nitrogens with one attached hydrogen (secondary N) is 2. The van der Waals surface area contributed by atoms with Crippen molar-refractivity contribution in [3.8, 4) is 0 Å². The number of hydrogen-bond acceptors (Lipinski definition) is 5. The Kier molecular flexibility index (Phi) is 2.94. The zero-order valence-corrected chi connectivity index (χ0v) is 10.9. The Morgan fingerprint density at radius 3 is 2.90 bits per heavy atom. The number of fused-ring (bicyclic) bond motifs is 1. The van der Waals surface area contributed by atoms with Crippen molar-refractivity contribution >= 4 is 10.9 Å². The van der Waals surface area contributed by atoms with Crippen LogP contribution in [0.5, 0.6) is 0 Å². The lowest BCUT2D eigenvalue weighted by molar-refractivity contribution is -0.0984. The van der Waals surface area contributed by atoms with E-state index < -0.39 is 30.6 Å².